The van der Waals surface area contributed by atoms with Gasteiger partial charge in [-0.15, -0.1) is 0 Å². The standard InChI is InChI=1S/C16H19N5/c1-10-12(8-20(2)19-10)9-21-15-6-5-13(17)7-14(15)18-16(21)11-3-4-11/h5-8,11H,3-4,9,17H2,1-2H3. The molecule has 108 valence electrons. The molecule has 1 aliphatic rings. The highest BCUT2D eigenvalue weighted by molar-refractivity contribution is 5.80. The number of aromatic nitrogens is 4. The van der Waals surface area contributed by atoms with Crippen LogP contribution in [0.25, 0.3) is 11.0 Å². The Labute approximate surface area is 123 Å². The number of hydrogen-bond acceptors (Lipinski definition) is 3. The minimum absolute atomic E-state index is 0.607. The summed E-state index contributed by atoms with van der Waals surface area (Å²) in [6.45, 7) is 2.88. The van der Waals surface area contributed by atoms with Gasteiger partial charge in [-0.3, -0.25) is 4.68 Å². The zero-order valence-corrected chi connectivity index (χ0v) is 12.4. The van der Waals surface area contributed by atoms with E-state index in [0.29, 0.717) is 5.92 Å². The van der Waals surface area contributed by atoms with Gasteiger partial charge in [-0.25, -0.2) is 4.98 Å². The van der Waals surface area contributed by atoms with Crippen molar-refractivity contribution in [3.8, 4) is 0 Å². The van der Waals surface area contributed by atoms with Crippen molar-refractivity contribution in [2.45, 2.75) is 32.2 Å². The van der Waals surface area contributed by atoms with Gasteiger partial charge in [-0.2, -0.15) is 5.10 Å². The molecule has 0 bridgehead atoms. The topological polar surface area (TPSA) is 61.7 Å². The van der Waals surface area contributed by atoms with E-state index in [1.165, 1.54) is 24.2 Å². The van der Waals surface area contributed by atoms with Crippen LogP contribution in [0, 0.1) is 6.92 Å². The lowest BCUT2D eigenvalue weighted by Crippen LogP contribution is -2.04. The third kappa shape index (κ3) is 2.09. The Morgan fingerprint density at radius 3 is 2.81 bits per heavy atom. The summed E-state index contributed by atoms with van der Waals surface area (Å²) in [6.07, 6.45) is 4.57. The molecule has 1 fully saturated rings. The van der Waals surface area contributed by atoms with Crippen LogP contribution < -0.4 is 5.73 Å². The maximum atomic E-state index is 5.89. The van der Waals surface area contributed by atoms with Gasteiger partial charge in [0.25, 0.3) is 0 Å². The number of fused-ring (bicyclic) bond motifs is 1. The highest BCUT2D eigenvalue weighted by Gasteiger charge is 2.29. The summed E-state index contributed by atoms with van der Waals surface area (Å²) < 4.78 is 4.20. The Hall–Kier alpha value is -2.30. The second-order valence-electron chi connectivity index (χ2n) is 5.99. The normalized spacial score (nSPS) is 15.0. The molecule has 4 rings (SSSR count). The Balaban J connectivity index is 1.85. The molecule has 5 heteroatoms. The molecule has 0 radical (unpaired) electrons. The minimum Gasteiger partial charge on any atom is -0.399 e. The van der Waals surface area contributed by atoms with Crippen molar-refractivity contribution in [2.75, 3.05) is 5.73 Å². The average Bonchev–Trinajstić information content (AvgIpc) is 3.15. The van der Waals surface area contributed by atoms with Crippen LogP contribution >= 0.6 is 0 Å². The molecule has 21 heavy (non-hydrogen) atoms. The summed E-state index contributed by atoms with van der Waals surface area (Å²) in [5.41, 5.74) is 11.1. The summed E-state index contributed by atoms with van der Waals surface area (Å²) in [4.78, 5) is 4.82. The molecule has 2 heterocycles. The van der Waals surface area contributed by atoms with Crippen LogP contribution in [0.5, 0.6) is 0 Å². The van der Waals surface area contributed by atoms with E-state index < -0.39 is 0 Å². The number of benzene rings is 1. The lowest BCUT2D eigenvalue weighted by molar-refractivity contribution is 0.741. The first-order valence-electron chi connectivity index (χ1n) is 7.36. The summed E-state index contributed by atoms with van der Waals surface area (Å²) in [5, 5.41) is 4.44. The van der Waals surface area contributed by atoms with Crippen LogP contribution in [0.1, 0.15) is 35.8 Å². The van der Waals surface area contributed by atoms with E-state index in [1.807, 2.05) is 23.9 Å². The van der Waals surface area contributed by atoms with Crippen LogP contribution in [0.2, 0.25) is 0 Å². The number of nitrogens with two attached hydrogens (primary N) is 1. The minimum atomic E-state index is 0.607. The van der Waals surface area contributed by atoms with Crippen LogP contribution in [-0.2, 0) is 13.6 Å². The average molecular weight is 281 g/mol. The maximum Gasteiger partial charge on any atom is 0.113 e. The number of nitrogens with zero attached hydrogens (tertiary/aromatic N) is 4. The Bertz CT molecular complexity index is 823. The van der Waals surface area contributed by atoms with Crippen LogP contribution in [0.4, 0.5) is 5.69 Å². The molecule has 1 aliphatic carbocycles. The molecule has 2 N–H and O–H groups in total. The van der Waals surface area contributed by atoms with E-state index in [9.17, 15) is 0 Å². The number of imidazole rings is 1. The first kappa shape index (κ1) is 12.4. The van der Waals surface area contributed by atoms with Gasteiger partial charge in [0.1, 0.15) is 5.82 Å². The predicted octanol–water partition coefficient (Wildman–Crippen LogP) is 2.59. The zero-order chi connectivity index (χ0) is 14.6. The van der Waals surface area contributed by atoms with Gasteiger partial charge in [0, 0.05) is 30.4 Å². The fourth-order valence-electron chi connectivity index (χ4n) is 2.96. The van der Waals surface area contributed by atoms with Gasteiger partial charge in [0.05, 0.1) is 23.3 Å². The summed E-state index contributed by atoms with van der Waals surface area (Å²) in [6, 6.07) is 6.00. The lowest BCUT2D eigenvalue weighted by atomic mass is 10.2. The first-order chi connectivity index (χ1) is 10.1. The Kier molecular flexibility index (Phi) is 2.58. The molecule has 1 aromatic carbocycles. The van der Waals surface area contributed by atoms with Crippen molar-refractivity contribution in [1.29, 1.82) is 0 Å². The maximum absolute atomic E-state index is 5.89. The number of hydrogen-bond donors (Lipinski definition) is 1. The highest BCUT2D eigenvalue weighted by atomic mass is 15.3. The molecule has 0 amide bonds. The molecule has 0 atom stereocenters. The zero-order valence-electron chi connectivity index (χ0n) is 12.4. The quantitative estimate of drug-likeness (QED) is 0.751. The Morgan fingerprint density at radius 2 is 2.14 bits per heavy atom. The predicted molar refractivity (Wildman–Crippen MR) is 83.2 cm³/mol. The SMILES string of the molecule is Cc1nn(C)cc1Cn1c(C2CC2)nc2cc(N)ccc21. The number of rotatable bonds is 3. The Morgan fingerprint density at radius 1 is 1.33 bits per heavy atom. The largest absolute Gasteiger partial charge is 0.399 e. The fraction of sp³-hybridized carbons (Fsp3) is 0.375. The lowest BCUT2D eigenvalue weighted by Gasteiger charge is -2.08. The molecule has 0 spiro atoms. The van der Waals surface area contributed by atoms with E-state index >= 15 is 0 Å². The second kappa shape index (κ2) is 4.35. The number of nitrogen functional groups attached to an aromatic ring is 1. The van der Waals surface area contributed by atoms with Crippen LogP contribution in [0.15, 0.2) is 24.4 Å². The summed E-state index contributed by atoms with van der Waals surface area (Å²) >= 11 is 0. The molecule has 3 aromatic rings. The van der Waals surface area contributed by atoms with Gasteiger partial charge < -0.3 is 10.3 Å². The van der Waals surface area contributed by atoms with Crippen LogP contribution in [0.3, 0.4) is 0 Å². The monoisotopic (exact) mass is 281 g/mol. The van der Waals surface area contributed by atoms with Gasteiger partial charge in [-0.1, -0.05) is 0 Å². The number of aryl methyl sites for hydroxylation is 2. The third-order valence-electron chi connectivity index (χ3n) is 4.19. The molecule has 0 unspecified atom stereocenters. The van der Waals surface area contributed by atoms with E-state index in [0.717, 1.165) is 29.0 Å². The van der Waals surface area contributed by atoms with Gasteiger partial charge in [-0.05, 0) is 38.0 Å². The smallest absolute Gasteiger partial charge is 0.113 e. The fourth-order valence-corrected chi connectivity index (χ4v) is 2.96. The van der Waals surface area contributed by atoms with E-state index in [-0.39, 0.29) is 0 Å². The van der Waals surface area contributed by atoms with Crippen molar-refractivity contribution >= 4 is 16.7 Å². The van der Waals surface area contributed by atoms with Gasteiger partial charge >= 0.3 is 0 Å². The van der Waals surface area contributed by atoms with Crippen LogP contribution in [-0.4, -0.2) is 19.3 Å². The molecule has 0 aliphatic heterocycles. The van der Waals surface area contributed by atoms with Crippen molar-refractivity contribution in [3.05, 3.63) is 41.5 Å². The van der Waals surface area contributed by atoms with Crippen molar-refractivity contribution in [1.82, 2.24) is 19.3 Å². The van der Waals surface area contributed by atoms with E-state index in [2.05, 4.69) is 28.9 Å². The molecular formula is C16H19N5. The highest BCUT2D eigenvalue weighted by Crippen LogP contribution is 2.41. The van der Waals surface area contributed by atoms with Crippen molar-refractivity contribution in [3.63, 3.8) is 0 Å². The van der Waals surface area contributed by atoms with Crippen molar-refractivity contribution < 1.29 is 0 Å². The summed E-state index contributed by atoms with van der Waals surface area (Å²) in [5.74, 6) is 1.80. The first-order valence-corrected chi connectivity index (χ1v) is 7.36. The second-order valence-corrected chi connectivity index (χ2v) is 5.99. The molecule has 5 nitrogen and oxygen atoms in total. The third-order valence-corrected chi connectivity index (χ3v) is 4.19. The molecule has 1 saturated carbocycles. The van der Waals surface area contributed by atoms with Gasteiger partial charge in [0.15, 0.2) is 0 Å². The van der Waals surface area contributed by atoms with Gasteiger partial charge in [0.2, 0.25) is 0 Å². The van der Waals surface area contributed by atoms with Crippen molar-refractivity contribution in [2.24, 2.45) is 7.05 Å². The molecular weight excluding hydrogens is 262 g/mol. The number of anilines is 1. The summed E-state index contributed by atoms with van der Waals surface area (Å²) in [7, 11) is 1.96. The molecule has 2 aromatic heterocycles. The van der Waals surface area contributed by atoms with E-state index in [4.69, 9.17) is 10.7 Å². The van der Waals surface area contributed by atoms with E-state index in [1.54, 1.807) is 0 Å². The molecule has 0 saturated heterocycles.